The number of methoxy groups -OCH3 is 2. The van der Waals surface area contributed by atoms with Crippen molar-refractivity contribution in [2.24, 2.45) is 0 Å². The molecule has 1 saturated heterocycles. The van der Waals surface area contributed by atoms with Crippen LogP contribution < -0.4 is 14.8 Å². The van der Waals surface area contributed by atoms with Crippen LogP contribution in [0.3, 0.4) is 0 Å². The highest BCUT2D eigenvalue weighted by Gasteiger charge is 2.22. The van der Waals surface area contributed by atoms with Crippen LogP contribution in [0, 0.1) is 0 Å². The average molecular weight is 425 g/mol. The lowest BCUT2D eigenvalue weighted by atomic mass is 10.1. The number of ketones is 2. The molecule has 0 amide bonds. The molecule has 1 aliphatic carbocycles. The average Bonchev–Trinajstić information content (AvgIpc) is 2.80. The summed E-state index contributed by atoms with van der Waals surface area (Å²) in [5, 5.41) is 3.54. The van der Waals surface area contributed by atoms with Gasteiger partial charge in [-0.3, -0.25) is 9.59 Å². The first-order valence-electron chi connectivity index (χ1n) is 9.99. The highest BCUT2D eigenvalue weighted by atomic mass is 16.5. The van der Waals surface area contributed by atoms with Crippen LogP contribution in [0.4, 0.5) is 5.82 Å². The number of anilines is 1. The Bertz CT molecular complexity index is 1070. The Morgan fingerprint density at radius 3 is 2.68 bits per heavy atom. The van der Waals surface area contributed by atoms with E-state index in [4.69, 9.17) is 18.9 Å². The number of aromatic nitrogens is 2. The zero-order chi connectivity index (χ0) is 21.8. The molecule has 0 spiro atoms. The lowest BCUT2D eigenvalue weighted by Crippen LogP contribution is -2.25. The van der Waals surface area contributed by atoms with Gasteiger partial charge in [0.05, 0.1) is 31.5 Å². The molecule has 2 aliphatic rings. The summed E-state index contributed by atoms with van der Waals surface area (Å²) >= 11 is 0. The fourth-order valence-corrected chi connectivity index (χ4v) is 3.48. The van der Waals surface area contributed by atoms with Crippen molar-refractivity contribution in [3.63, 3.8) is 0 Å². The Kier molecular flexibility index (Phi) is 6.13. The zero-order valence-electron chi connectivity index (χ0n) is 17.3. The summed E-state index contributed by atoms with van der Waals surface area (Å²) in [6.45, 7) is 1.18. The normalized spacial score (nSPS) is 19.0. The Morgan fingerprint density at radius 1 is 1.06 bits per heavy atom. The molecule has 0 radical (unpaired) electrons. The van der Waals surface area contributed by atoms with Crippen molar-refractivity contribution in [1.82, 2.24) is 9.97 Å². The Morgan fingerprint density at radius 2 is 1.94 bits per heavy atom. The fraction of sp³-hybridized carbons (Fsp3) is 0.364. The van der Waals surface area contributed by atoms with Gasteiger partial charge in [-0.25, -0.2) is 9.97 Å². The van der Waals surface area contributed by atoms with Crippen molar-refractivity contribution in [3.8, 4) is 11.5 Å². The molecule has 2 heterocycles. The molecule has 162 valence electrons. The van der Waals surface area contributed by atoms with Crippen LogP contribution in [-0.4, -0.2) is 55.1 Å². The lowest BCUT2D eigenvalue weighted by Gasteiger charge is -2.23. The predicted octanol–water partition coefficient (Wildman–Crippen LogP) is 2.56. The number of hydrogen-bond donors (Lipinski definition) is 1. The van der Waals surface area contributed by atoms with Crippen LogP contribution in [0.25, 0.3) is 10.9 Å². The van der Waals surface area contributed by atoms with Crippen LogP contribution >= 0.6 is 0 Å². The van der Waals surface area contributed by atoms with E-state index in [0.717, 1.165) is 31.9 Å². The van der Waals surface area contributed by atoms with Crippen molar-refractivity contribution in [2.75, 3.05) is 32.8 Å². The highest BCUT2D eigenvalue weighted by molar-refractivity contribution is 6.20. The molecule has 9 nitrogen and oxygen atoms in total. The van der Waals surface area contributed by atoms with Gasteiger partial charge in [0.25, 0.3) is 0 Å². The molecule has 0 bridgehead atoms. The largest absolute Gasteiger partial charge is 0.493 e. The first-order chi connectivity index (χ1) is 15.1. The van der Waals surface area contributed by atoms with Gasteiger partial charge in [-0.15, -0.1) is 0 Å². The third kappa shape index (κ3) is 4.51. The first kappa shape index (κ1) is 20.8. The standard InChI is InChI=1S/C22H23N3O6/c1-28-19-10-17(26)16(8-18(19)27)25-22-14-7-20(29-2)21(9-15(14)23-12-24-22)31-11-13-5-3-4-6-30-13/h7-10,12-13H,3-6,11H2,1-2H3,(H,23,24,25). The number of ether oxygens (including phenoxy) is 4. The Labute approximate surface area is 179 Å². The van der Waals surface area contributed by atoms with E-state index in [2.05, 4.69) is 15.3 Å². The van der Waals surface area contributed by atoms with Crippen LogP contribution in [0.2, 0.25) is 0 Å². The fourth-order valence-electron chi connectivity index (χ4n) is 3.48. The van der Waals surface area contributed by atoms with Crippen LogP contribution in [-0.2, 0) is 19.1 Å². The molecule has 1 aromatic carbocycles. The van der Waals surface area contributed by atoms with Crippen LogP contribution in [0.15, 0.2) is 42.1 Å². The van der Waals surface area contributed by atoms with E-state index < -0.39 is 5.78 Å². The summed E-state index contributed by atoms with van der Waals surface area (Å²) in [7, 11) is 2.89. The maximum absolute atomic E-state index is 12.3. The monoisotopic (exact) mass is 425 g/mol. The van der Waals surface area contributed by atoms with E-state index in [9.17, 15) is 9.59 Å². The molecule has 1 N–H and O–H groups in total. The van der Waals surface area contributed by atoms with Gasteiger partial charge in [-0.2, -0.15) is 0 Å². The summed E-state index contributed by atoms with van der Waals surface area (Å²) < 4.78 is 22.1. The van der Waals surface area contributed by atoms with Crippen LogP contribution in [0.1, 0.15) is 19.3 Å². The molecule has 31 heavy (non-hydrogen) atoms. The van der Waals surface area contributed by atoms with E-state index in [1.54, 1.807) is 19.2 Å². The maximum atomic E-state index is 12.3. The number of hydrogen-bond acceptors (Lipinski definition) is 9. The summed E-state index contributed by atoms with van der Waals surface area (Å²) in [6, 6.07) is 3.50. The van der Waals surface area contributed by atoms with Crippen molar-refractivity contribution in [2.45, 2.75) is 25.4 Å². The van der Waals surface area contributed by atoms with E-state index in [0.29, 0.717) is 34.8 Å². The Hall–Kier alpha value is -3.46. The maximum Gasteiger partial charge on any atom is 0.222 e. The van der Waals surface area contributed by atoms with Crippen molar-refractivity contribution in [3.05, 3.63) is 42.1 Å². The number of carbonyl (C=O) groups excluding carboxylic acids is 2. The SMILES string of the molecule is COC1=CC(=O)C(Nc2ncnc3cc(OCC4CCCCO4)c(OC)cc23)=CC1=O. The highest BCUT2D eigenvalue weighted by Crippen LogP contribution is 2.35. The van der Waals surface area contributed by atoms with Crippen molar-refractivity contribution >= 4 is 28.3 Å². The predicted molar refractivity (Wildman–Crippen MR) is 112 cm³/mol. The minimum Gasteiger partial charge on any atom is -0.493 e. The molecule has 1 atom stereocenters. The van der Waals surface area contributed by atoms with Crippen molar-refractivity contribution < 1.29 is 28.5 Å². The molecular formula is C22H23N3O6. The number of allylic oxidation sites excluding steroid dienone is 2. The summed E-state index contributed by atoms with van der Waals surface area (Å²) in [5.41, 5.74) is 0.695. The molecule has 1 fully saturated rings. The van der Waals surface area contributed by atoms with E-state index in [-0.39, 0.29) is 23.3 Å². The molecule has 0 saturated carbocycles. The Balaban J connectivity index is 1.59. The molecular weight excluding hydrogens is 402 g/mol. The van der Waals surface area contributed by atoms with Gasteiger partial charge in [0.1, 0.15) is 18.8 Å². The quantitative estimate of drug-likeness (QED) is 0.669. The second-order valence-corrected chi connectivity index (χ2v) is 7.17. The number of nitrogens with zero attached hydrogens (tertiary/aromatic N) is 2. The second kappa shape index (κ2) is 9.13. The summed E-state index contributed by atoms with van der Waals surface area (Å²) in [6.07, 6.45) is 6.94. The van der Waals surface area contributed by atoms with Gasteiger partial charge in [-0.05, 0) is 25.3 Å². The number of fused-ring (bicyclic) bond motifs is 1. The molecule has 1 unspecified atom stereocenters. The third-order valence-electron chi connectivity index (χ3n) is 5.14. The van der Waals surface area contributed by atoms with Gasteiger partial charge in [-0.1, -0.05) is 0 Å². The zero-order valence-corrected chi connectivity index (χ0v) is 17.3. The lowest BCUT2D eigenvalue weighted by molar-refractivity contribution is -0.117. The van der Waals surface area contributed by atoms with Crippen LogP contribution in [0.5, 0.6) is 11.5 Å². The van der Waals surface area contributed by atoms with Gasteiger partial charge in [0.2, 0.25) is 11.6 Å². The molecule has 4 rings (SSSR count). The minimum absolute atomic E-state index is 0.00602. The minimum atomic E-state index is -0.402. The van der Waals surface area contributed by atoms with Crippen molar-refractivity contribution in [1.29, 1.82) is 0 Å². The van der Waals surface area contributed by atoms with Gasteiger partial charge in [0, 0.05) is 30.2 Å². The first-order valence-corrected chi connectivity index (χ1v) is 9.99. The van der Waals surface area contributed by atoms with E-state index in [1.165, 1.54) is 19.5 Å². The van der Waals surface area contributed by atoms with Gasteiger partial charge < -0.3 is 24.3 Å². The second-order valence-electron chi connectivity index (χ2n) is 7.17. The topological polar surface area (TPSA) is 109 Å². The number of rotatable bonds is 7. The molecule has 2 aromatic rings. The summed E-state index contributed by atoms with van der Waals surface area (Å²) in [5.74, 6) is 0.622. The van der Waals surface area contributed by atoms with Gasteiger partial charge >= 0.3 is 0 Å². The number of nitrogens with one attached hydrogen (secondary N) is 1. The molecule has 9 heteroatoms. The number of carbonyl (C=O) groups is 2. The summed E-state index contributed by atoms with van der Waals surface area (Å²) in [4.78, 5) is 32.9. The third-order valence-corrected chi connectivity index (χ3v) is 5.14. The smallest absolute Gasteiger partial charge is 0.222 e. The van der Waals surface area contributed by atoms with E-state index in [1.807, 2.05) is 0 Å². The van der Waals surface area contributed by atoms with E-state index >= 15 is 0 Å². The molecule has 1 aliphatic heterocycles. The molecule has 1 aromatic heterocycles. The van der Waals surface area contributed by atoms with Gasteiger partial charge in [0.15, 0.2) is 17.3 Å². The number of benzene rings is 1.